The lowest BCUT2D eigenvalue weighted by Crippen LogP contribution is -2.46. The number of benzene rings is 2. The highest BCUT2D eigenvalue weighted by Gasteiger charge is 2.21. The zero-order chi connectivity index (χ0) is 18.8. The summed E-state index contributed by atoms with van der Waals surface area (Å²) in [6.07, 6.45) is 2.50. The van der Waals surface area contributed by atoms with Crippen LogP contribution in [0.1, 0.15) is 29.3 Å². The van der Waals surface area contributed by atoms with Crippen LogP contribution in [0, 0.1) is 0 Å². The van der Waals surface area contributed by atoms with Crippen molar-refractivity contribution in [2.24, 2.45) is 5.10 Å². The zero-order valence-corrected chi connectivity index (χ0v) is 15.8. The number of hydrogen-bond acceptors (Lipinski definition) is 4. The quantitative estimate of drug-likeness (QED) is 0.555. The molecule has 0 aliphatic rings. The maximum atomic E-state index is 12.5. The Labute approximate surface area is 158 Å². The summed E-state index contributed by atoms with van der Waals surface area (Å²) in [4.78, 5) is 24.9. The number of hydrogen-bond donors (Lipinski definition) is 2. The largest absolute Gasteiger partial charge is 0.340 e. The molecule has 0 aromatic heterocycles. The molecule has 0 spiro atoms. The van der Waals surface area contributed by atoms with Crippen molar-refractivity contribution in [2.45, 2.75) is 19.4 Å². The Morgan fingerprint density at radius 1 is 1.00 bits per heavy atom. The van der Waals surface area contributed by atoms with Gasteiger partial charge in [0.25, 0.3) is 11.8 Å². The maximum Gasteiger partial charge on any atom is 0.262 e. The van der Waals surface area contributed by atoms with Gasteiger partial charge < -0.3 is 5.32 Å². The van der Waals surface area contributed by atoms with Gasteiger partial charge in [-0.2, -0.15) is 16.9 Å². The molecule has 2 aromatic carbocycles. The Morgan fingerprint density at radius 3 is 2.15 bits per heavy atom. The van der Waals surface area contributed by atoms with Crippen LogP contribution in [-0.2, 0) is 4.79 Å². The molecule has 136 valence electrons. The van der Waals surface area contributed by atoms with E-state index in [0.29, 0.717) is 17.7 Å². The van der Waals surface area contributed by atoms with Crippen molar-refractivity contribution >= 4 is 29.3 Å². The van der Waals surface area contributed by atoms with Crippen molar-refractivity contribution in [3.8, 4) is 0 Å². The molecule has 1 atom stereocenters. The van der Waals surface area contributed by atoms with Crippen LogP contribution >= 0.6 is 11.8 Å². The lowest BCUT2D eigenvalue weighted by atomic mass is 10.1. The number of carbonyl (C=O) groups is 2. The van der Waals surface area contributed by atoms with E-state index in [9.17, 15) is 9.59 Å². The average Bonchev–Trinajstić information content (AvgIpc) is 2.70. The Morgan fingerprint density at radius 2 is 1.58 bits per heavy atom. The highest BCUT2D eigenvalue weighted by atomic mass is 32.2. The molecule has 1 unspecified atom stereocenters. The van der Waals surface area contributed by atoms with E-state index >= 15 is 0 Å². The molecule has 2 aromatic rings. The molecule has 2 amide bonds. The fraction of sp³-hybridized carbons (Fsp3) is 0.250. The Kier molecular flexibility index (Phi) is 7.89. The maximum absolute atomic E-state index is 12.5. The predicted octanol–water partition coefficient (Wildman–Crippen LogP) is 3.08. The van der Waals surface area contributed by atoms with Crippen LogP contribution in [0.4, 0.5) is 0 Å². The van der Waals surface area contributed by atoms with Crippen LogP contribution in [0.2, 0.25) is 0 Å². The number of nitrogens with zero attached hydrogens (tertiary/aromatic N) is 1. The summed E-state index contributed by atoms with van der Waals surface area (Å²) in [5, 5.41) is 6.96. The predicted molar refractivity (Wildman–Crippen MR) is 107 cm³/mol. The summed E-state index contributed by atoms with van der Waals surface area (Å²) < 4.78 is 0. The van der Waals surface area contributed by atoms with Crippen LogP contribution < -0.4 is 10.7 Å². The molecular weight excluding hydrogens is 346 g/mol. The molecule has 0 saturated carbocycles. The minimum Gasteiger partial charge on any atom is -0.340 e. The second kappa shape index (κ2) is 10.4. The second-order valence-corrected chi connectivity index (χ2v) is 6.70. The standard InChI is InChI=1S/C20H23N3O2S/c1-15(16-9-5-3-6-10-16)22-23-20(25)18(13-14-26-2)21-19(24)17-11-7-4-8-12-17/h3-12,18H,13-14H2,1-2H3,(H,21,24)(H,23,25)/b22-15-. The molecule has 0 heterocycles. The van der Waals surface area contributed by atoms with E-state index in [4.69, 9.17) is 0 Å². The molecular formula is C20H23N3O2S. The average molecular weight is 369 g/mol. The van der Waals surface area contributed by atoms with Gasteiger partial charge in [0.1, 0.15) is 6.04 Å². The van der Waals surface area contributed by atoms with Gasteiger partial charge in [-0.05, 0) is 43.0 Å². The van der Waals surface area contributed by atoms with E-state index < -0.39 is 6.04 Å². The smallest absolute Gasteiger partial charge is 0.262 e. The van der Waals surface area contributed by atoms with Gasteiger partial charge in [-0.3, -0.25) is 9.59 Å². The first-order valence-corrected chi connectivity index (χ1v) is 9.75. The first-order valence-electron chi connectivity index (χ1n) is 8.36. The molecule has 2 N–H and O–H groups in total. The van der Waals surface area contributed by atoms with Crippen molar-refractivity contribution in [3.05, 3.63) is 71.8 Å². The Balaban J connectivity index is 2.03. The van der Waals surface area contributed by atoms with Gasteiger partial charge in [0.2, 0.25) is 0 Å². The zero-order valence-electron chi connectivity index (χ0n) is 14.9. The monoisotopic (exact) mass is 369 g/mol. The van der Waals surface area contributed by atoms with Gasteiger partial charge in [0, 0.05) is 5.56 Å². The van der Waals surface area contributed by atoms with E-state index in [0.717, 1.165) is 11.3 Å². The minimum atomic E-state index is -0.637. The topological polar surface area (TPSA) is 70.6 Å². The first kappa shape index (κ1) is 19.7. The summed E-state index contributed by atoms with van der Waals surface area (Å²) in [6, 6.07) is 17.8. The van der Waals surface area contributed by atoms with Crippen LogP contribution in [0.5, 0.6) is 0 Å². The second-order valence-electron chi connectivity index (χ2n) is 5.71. The molecule has 5 nitrogen and oxygen atoms in total. The molecule has 0 fully saturated rings. The van der Waals surface area contributed by atoms with E-state index in [-0.39, 0.29) is 11.8 Å². The normalized spacial score (nSPS) is 12.3. The van der Waals surface area contributed by atoms with E-state index in [2.05, 4.69) is 15.8 Å². The molecule has 0 radical (unpaired) electrons. The Hall–Kier alpha value is -2.60. The summed E-state index contributed by atoms with van der Waals surface area (Å²) in [7, 11) is 0. The fourth-order valence-electron chi connectivity index (χ4n) is 2.30. The summed E-state index contributed by atoms with van der Waals surface area (Å²) in [6.45, 7) is 1.83. The molecule has 0 saturated heterocycles. The molecule has 0 aliphatic heterocycles. The van der Waals surface area contributed by atoms with Gasteiger partial charge in [0.15, 0.2) is 0 Å². The van der Waals surface area contributed by atoms with Gasteiger partial charge >= 0.3 is 0 Å². The van der Waals surface area contributed by atoms with E-state index in [1.54, 1.807) is 36.0 Å². The van der Waals surface area contributed by atoms with Gasteiger partial charge in [0.05, 0.1) is 5.71 Å². The molecule has 0 bridgehead atoms. The first-order chi connectivity index (χ1) is 12.6. The molecule has 26 heavy (non-hydrogen) atoms. The number of carbonyl (C=O) groups excluding carboxylic acids is 2. The number of hydrazone groups is 1. The van der Waals surface area contributed by atoms with Gasteiger partial charge in [-0.25, -0.2) is 5.43 Å². The van der Waals surface area contributed by atoms with Crippen molar-refractivity contribution in [1.29, 1.82) is 0 Å². The van der Waals surface area contributed by atoms with Crippen LogP contribution in [0.3, 0.4) is 0 Å². The van der Waals surface area contributed by atoms with Gasteiger partial charge in [-0.15, -0.1) is 0 Å². The molecule has 2 rings (SSSR count). The Bertz CT molecular complexity index is 748. The van der Waals surface area contributed by atoms with E-state index in [1.165, 1.54) is 0 Å². The van der Waals surface area contributed by atoms with Gasteiger partial charge in [-0.1, -0.05) is 48.5 Å². The highest BCUT2D eigenvalue weighted by molar-refractivity contribution is 7.98. The van der Waals surface area contributed by atoms with Crippen molar-refractivity contribution in [3.63, 3.8) is 0 Å². The third kappa shape index (κ3) is 6.04. The van der Waals surface area contributed by atoms with Crippen LogP contribution in [-0.4, -0.2) is 35.6 Å². The fourth-order valence-corrected chi connectivity index (χ4v) is 2.77. The number of amides is 2. The summed E-state index contributed by atoms with van der Waals surface area (Å²) >= 11 is 1.62. The van der Waals surface area contributed by atoms with E-state index in [1.807, 2.05) is 49.6 Å². The van der Waals surface area contributed by atoms with Crippen molar-refractivity contribution in [1.82, 2.24) is 10.7 Å². The van der Waals surface area contributed by atoms with Crippen molar-refractivity contribution in [2.75, 3.05) is 12.0 Å². The molecule has 0 aliphatic carbocycles. The SMILES string of the molecule is CSCCC(NC(=O)c1ccccc1)C(=O)N/N=C(/C)c1ccccc1. The third-order valence-corrected chi connectivity index (χ3v) is 4.44. The van der Waals surface area contributed by atoms with Crippen molar-refractivity contribution < 1.29 is 9.59 Å². The van der Waals surface area contributed by atoms with Crippen LogP contribution in [0.25, 0.3) is 0 Å². The lowest BCUT2D eigenvalue weighted by molar-refractivity contribution is -0.123. The number of nitrogens with one attached hydrogen (secondary N) is 2. The van der Waals surface area contributed by atoms with Crippen LogP contribution in [0.15, 0.2) is 65.8 Å². The molecule has 6 heteroatoms. The number of rotatable bonds is 8. The summed E-state index contributed by atoms with van der Waals surface area (Å²) in [5.41, 5.74) is 4.74. The number of thioether (sulfide) groups is 1. The third-order valence-electron chi connectivity index (χ3n) is 3.79. The lowest BCUT2D eigenvalue weighted by Gasteiger charge is -2.17. The minimum absolute atomic E-state index is 0.268. The summed E-state index contributed by atoms with van der Waals surface area (Å²) in [5.74, 6) is 0.170. The highest BCUT2D eigenvalue weighted by Crippen LogP contribution is 2.05.